The number of carboxylic acid groups (broad SMARTS) is 1. The van der Waals surface area contributed by atoms with Gasteiger partial charge in [-0.05, 0) is 41.1 Å². The van der Waals surface area contributed by atoms with Gasteiger partial charge >= 0.3 is 5.97 Å². The first kappa shape index (κ1) is 15.0. The van der Waals surface area contributed by atoms with Gasteiger partial charge in [0.15, 0.2) is 0 Å². The van der Waals surface area contributed by atoms with Crippen molar-refractivity contribution in [3.63, 3.8) is 0 Å². The lowest BCUT2D eigenvalue weighted by molar-refractivity contribution is -0.137. The quantitative estimate of drug-likeness (QED) is 0.900. The molecule has 1 N–H and O–H groups in total. The molecule has 0 spiro atoms. The van der Waals surface area contributed by atoms with Crippen molar-refractivity contribution in [1.82, 2.24) is 4.90 Å². The minimum absolute atomic E-state index is 0.0717. The Labute approximate surface area is 119 Å². The number of hydrogen-bond donors (Lipinski definition) is 1. The predicted molar refractivity (Wildman–Crippen MR) is 73.0 cm³/mol. The van der Waals surface area contributed by atoms with Crippen LogP contribution in [0.1, 0.15) is 23.7 Å². The van der Waals surface area contributed by atoms with Crippen LogP contribution in [0.15, 0.2) is 22.7 Å². The second kappa shape index (κ2) is 6.75. The normalized spacial score (nSPS) is 10.2. The van der Waals surface area contributed by atoms with Gasteiger partial charge in [-0.25, -0.2) is 0 Å². The number of carbonyl (C=O) groups is 2. The molecule has 18 heavy (non-hydrogen) atoms. The highest BCUT2D eigenvalue weighted by Crippen LogP contribution is 2.22. The van der Waals surface area contributed by atoms with E-state index in [0.29, 0.717) is 21.6 Å². The third kappa shape index (κ3) is 3.99. The van der Waals surface area contributed by atoms with E-state index < -0.39 is 5.97 Å². The Hall–Kier alpha value is -1.07. The number of benzene rings is 1. The molecule has 6 heteroatoms. The van der Waals surface area contributed by atoms with Crippen LogP contribution >= 0.6 is 27.5 Å². The fourth-order valence-electron chi connectivity index (χ4n) is 1.47. The average Bonchev–Trinajstić information content (AvgIpc) is 2.32. The van der Waals surface area contributed by atoms with Crippen LogP contribution < -0.4 is 0 Å². The molecular weight excluding hydrogens is 321 g/mol. The summed E-state index contributed by atoms with van der Waals surface area (Å²) < 4.78 is 0.644. The first-order valence-electron chi connectivity index (χ1n) is 5.41. The molecule has 0 heterocycles. The van der Waals surface area contributed by atoms with Crippen molar-refractivity contribution in [2.24, 2.45) is 0 Å². The van der Waals surface area contributed by atoms with Crippen molar-refractivity contribution in [2.45, 2.75) is 13.3 Å². The third-order valence-corrected chi connectivity index (χ3v) is 3.35. The van der Waals surface area contributed by atoms with Crippen molar-refractivity contribution in [3.05, 3.63) is 33.3 Å². The molecule has 4 nitrogen and oxygen atoms in total. The van der Waals surface area contributed by atoms with E-state index in [4.69, 9.17) is 16.7 Å². The molecule has 0 aliphatic heterocycles. The number of hydrogen-bond acceptors (Lipinski definition) is 2. The summed E-state index contributed by atoms with van der Waals surface area (Å²) in [6.45, 7) is 2.44. The smallest absolute Gasteiger partial charge is 0.305 e. The van der Waals surface area contributed by atoms with E-state index in [1.165, 1.54) is 4.90 Å². The number of rotatable bonds is 5. The molecule has 0 atom stereocenters. The van der Waals surface area contributed by atoms with E-state index in [0.717, 1.165) is 0 Å². The molecule has 0 bridgehead atoms. The van der Waals surface area contributed by atoms with E-state index in [2.05, 4.69) is 15.9 Å². The Morgan fingerprint density at radius 1 is 1.44 bits per heavy atom. The van der Waals surface area contributed by atoms with Gasteiger partial charge in [0.25, 0.3) is 5.91 Å². The summed E-state index contributed by atoms with van der Waals surface area (Å²) in [6.07, 6.45) is -0.0717. The second-order valence-corrected chi connectivity index (χ2v) is 4.94. The summed E-state index contributed by atoms with van der Waals surface area (Å²) in [4.78, 5) is 24.2. The summed E-state index contributed by atoms with van der Waals surface area (Å²) in [6, 6.07) is 4.94. The topological polar surface area (TPSA) is 57.6 Å². The summed E-state index contributed by atoms with van der Waals surface area (Å²) in [7, 11) is 0. The zero-order valence-corrected chi connectivity index (χ0v) is 12.2. The molecule has 1 amide bonds. The van der Waals surface area contributed by atoms with Crippen LogP contribution in [-0.4, -0.2) is 35.0 Å². The SMILES string of the molecule is CCN(CCC(=O)O)C(=O)c1cc(Cl)ccc1Br. The van der Waals surface area contributed by atoms with Gasteiger partial charge in [-0.1, -0.05) is 11.6 Å². The van der Waals surface area contributed by atoms with Crippen LogP contribution in [0.5, 0.6) is 0 Å². The van der Waals surface area contributed by atoms with Crippen LogP contribution in [0.2, 0.25) is 5.02 Å². The fourth-order valence-corrected chi connectivity index (χ4v) is 2.05. The van der Waals surface area contributed by atoms with Crippen LogP contribution in [0.4, 0.5) is 0 Å². The Morgan fingerprint density at radius 3 is 2.67 bits per heavy atom. The van der Waals surface area contributed by atoms with E-state index in [9.17, 15) is 9.59 Å². The number of carboxylic acids is 1. The Kier molecular flexibility index (Phi) is 5.62. The van der Waals surface area contributed by atoms with Crippen LogP contribution in [-0.2, 0) is 4.79 Å². The third-order valence-electron chi connectivity index (χ3n) is 2.42. The molecule has 0 aliphatic rings. The summed E-state index contributed by atoms with van der Waals surface area (Å²) >= 11 is 9.14. The Bertz CT molecular complexity index is 465. The van der Waals surface area contributed by atoms with E-state index in [1.54, 1.807) is 25.1 Å². The average molecular weight is 335 g/mol. The minimum atomic E-state index is -0.925. The lowest BCUT2D eigenvalue weighted by Gasteiger charge is -2.20. The molecule has 0 fully saturated rings. The van der Waals surface area contributed by atoms with Crippen molar-refractivity contribution in [3.8, 4) is 0 Å². The Morgan fingerprint density at radius 2 is 2.11 bits per heavy atom. The molecule has 0 aromatic heterocycles. The van der Waals surface area contributed by atoms with Gasteiger partial charge in [-0.2, -0.15) is 0 Å². The van der Waals surface area contributed by atoms with Crippen LogP contribution in [0.25, 0.3) is 0 Å². The maximum Gasteiger partial charge on any atom is 0.305 e. The van der Waals surface area contributed by atoms with Crippen LogP contribution in [0, 0.1) is 0 Å². The van der Waals surface area contributed by atoms with Gasteiger partial charge in [0.2, 0.25) is 0 Å². The zero-order chi connectivity index (χ0) is 13.7. The number of halogens is 2. The maximum atomic E-state index is 12.2. The lowest BCUT2D eigenvalue weighted by Crippen LogP contribution is -2.33. The minimum Gasteiger partial charge on any atom is -0.481 e. The largest absolute Gasteiger partial charge is 0.481 e. The first-order valence-corrected chi connectivity index (χ1v) is 6.59. The molecular formula is C12H13BrClNO3. The summed E-state index contributed by atoms with van der Waals surface area (Å²) in [5.41, 5.74) is 0.440. The Balaban J connectivity index is 2.89. The second-order valence-electron chi connectivity index (χ2n) is 3.65. The van der Waals surface area contributed by atoms with Gasteiger partial charge in [0.1, 0.15) is 0 Å². The molecule has 98 valence electrons. The molecule has 0 aliphatic carbocycles. The number of carbonyl (C=O) groups excluding carboxylic acids is 1. The van der Waals surface area contributed by atoms with Crippen molar-refractivity contribution >= 4 is 39.4 Å². The van der Waals surface area contributed by atoms with E-state index in [1.807, 2.05) is 0 Å². The maximum absolute atomic E-state index is 12.2. The molecule has 0 saturated heterocycles. The summed E-state index contributed by atoms with van der Waals surface area (Å²) in [5, 5.41) is 9.11. The van der Waals surface area contributed by atoms with Crippen molar-refractivity contribution < 1.29 is 14.7 Å². The van der Waals surface area contributed by atoms with Crippen molar-refractivity contribution in [2.75, 3.05) is 13.1 Å². The monoisotopic (exact) mass is 333 g/mol. The highest BCUT2D eigenvalue weighted by molar-refractivity contribution is 9.10. The predicted octanol–water partition coefficient (Wildman–Crippen LogP) is 3.04. The fraction of sp³-hybridized carbons (Fsp3) is 0.333. The molecule has 1 aromatic rings. The van der Waals surface area contributed by atoms with Crippen LogP contribution in [0.3, 0.4) is 0 Å². The number of amides is 1. The summed E-state index contributed by atoms with van der Waals surface area (Å²) in [5.74, 6) is -1.15. The highest BCUT2D eigenvalue weighted by Gasteiger charge is 2.17. The molecule has 0 radical (unpaired) electrons. The molecule has 0 unspecified atom stereocenters. The van der Waals surface area contributed by atoms with Gasteiger partial charge < -0.3 is 10.0 Å². The highest BCUT2D eigenvalue weighted by atomic mass is 79.9. The van der Waals surface area contributed by atoms with E-state index >= 15 is 0 Å². The standard InChI is InChI=1S/C12H13BrClNO3/c1-2-15(6-5-11(16)17)12(18)9-7-8(14)3-4-10(9)13/h3-4,7H,2,5-6H2,1H3,(H,16,17). The lowest BCUT2D eigenvalue weighted by atomic mass is 10.2. The molecule has 1 rings (SSSR count). The first-order chi connectivity index (χ1) is 8.45. The zero-order valence-electron chi connectivity index (χ0n) is 9.82. The molecule has 1 aromatic carbocycles. The van der Waals surface area contributed by atoms with Gasteiger partial charge in [-0.3, -0.25) is 9.59 Å². The van der Waals surface area contributed by atoms with Gasteiger partial charge in [0, 0.05) is 22.6 Å². The number of aliphatic carboxylic acids is 1. The van der Waals surface area contributed by atoms with Crippen molar-refractivity contribution in [1.29, 1.82) is 0 Å². The van der Waals surface area contributed by atoms with E-state index in [-0.39, 0.29) is 18.9 Å². The van der Waals surface area contributed by atoms with Gasteiger partial charge in [-0.15, -0.1) is 0 Å². The number of nitrogens with zero attached hydrogens (tertiary/aromatic N) is 1. The molecule has 0 saturated carbocycles. The van der Waals surface area contributed by atoms with Gasteiger partial charge in [0.05, 0.1) is 12.0 Å².